The lowest BCUT2D eigenvalue weighted by molar-refractivity contribution is 0.491. The van der Waals surface area contributed by atoms with Gasteiger partial charge in [-0.15, -0.1) is 0 Å². The zero-order chi connectivity index (χ0) is 12.5. The van der Waals surface area contributed by atoms with E-state index in [9.17, 15) is 8.42 Å². The molecule has 1 N–H and O–H groups in total. The Hall–Kier alpha value is -0.460. The Morgan fingerprint density at radius 1 is 1.53 bits per heavy atom. The van der Waals surface area contributed by atoms with Crippen molar-refractivity contribution < 1.29 is 8.42 Å². The van der Waals surface area contributed by atoms with E-state index in [1.807, 2.05) is 0 Å². The number of hydrogen-bond donors (Lipinski definition) is 1. The van der Waals surface area contributed by atoms with E-state index in [2.05, 4.69) is 32.6 Å². The first-order valence-corrected chi connectivity index (χ1v) is 7.87. The monoisotopic (exact) mass is 318 g/mol. The van der Waals surface area contributed by atoms with Gasteiger partial charge < -0.3 is 0 Å². The van der Waals surface area contributed by atoms with Gasteiger partial charge in [-0.1, -0.05) is 6.92 Å². The van der Waals surface area contributed by atoms with Crippen LogP contribution < -0.4 is 4.72 Å². The molecule has 1 unspecified atom stereocenters. The van der Waals surface area contributed by atoms with E-state index < -0.39 is 10.0 Å². The minimum absolute atomic E-state index is 0.204. The number of sulfonamides is 1. The molecule has 1 atom stereocenters. The molecule has 6 heteroatoms. The smallest absolute Gasteiger partial charge is 0.242 e. The second kappa shape index (κ2) is 5.04. The van der Waals surface area contributed by atoms with Crippen LogP contribution in [0.4, 0.5) is 0 Å². The Kier molecular flexibility index (Phi) is 3.85. The lowest BCUT2D eigenvalue weighted by Gasteiger charge is -2.11. The predicted octanol–water partition coefficient (Wildman–Crippen LogP) is 2.17. The predicted molar refractivity (Wildman–Crippen MR) is 69.0 cm³/mol. The van der Waals surface area contributed by atoms with Crippen LogP contribution in [0.3, 0.4) is 0 Å². The average Bonchev–Trinajstić information content (AvgIpc) is 3.10. The summed E-state index contributed by atoms with van der Waals surface area (Å²) in [6.45, 7) is 2.58. The fourth-order valence-corrected chi connectivity index (χ4v) is 3.34. The van der Waals surface area contributed by atoms with Gasteiger partial charge in [-0.3, -0.25) is 4.98 Å². The van der Waals surface area contributed by atoms with Gasteiger partial charge in [0.1, 0.15) is 4.90 Å². The molecule has 94 valence electrons. The van der Waals surface area contributed by atoms with Crippen molar-refractivity contribution in [2.24, 2.45) is 11.8 Å². The van der Waals surface area contributed by atoms with Gasteiger partial charge in [-0.25, -0.2) is 13.1 Å². The summed E-state index contributed by atoms with van der Waals surface area (Å²) in [5, 5.41) is 0. The standard InChI is InChI=1S/C11H15BrN2O2S/c1-8(9-2-3-9)5-14-17(15,16)11-4-10(12)6-13-7-11/h4,6-9,14H,2-3,5H2,1H3. The largest absolute Gasteiger partial charge is 0.262 e. The van der Waals surface area contributed by atoms with Crippen molar-refractivity contribution in [2.75, 3.05) is 6.54 Å². The summed E-state index contributed by atoms with van der Waals surface area (Å²) in [6, 6.07) is 1.55. The van der Waals surface area contributed by atoms with Gasteiger partial charge in [0.15, 0.2) is 0 Å². The number of hydrogen-bond acceptors (Lipinski definition) is 3. The molecular weight excluding hydrogens is 304 g/mol. The van der Waals surface area contributed by atoms with Crippen LogP contribution in [0.5, 0.6) is 0 Å². The molecule has 17 heavy (non-hydrogen) atoms. The first-order valence-electron chi connectivity index (χ1n) is 5.59. The first kappa shape index (κ1) is 13.0. The van der Waals surface area contributed by atoms with E-state index in [1.54, 1.807) is 12.3 Å². The van der Waals surface area contributed by atoms with E-state index in [-0.39, 0.29) is 4.90 Å². The molecule has 0 aliphatic heterocycles. The number of aromatic nitrogens is 1. The minimum atomic E-state index is -3.43. The number of nitrogens with one attached hydrogen (secondary N) is 1. The number of nitrogens with zero attached hydrogens (tertiary/aromatic N) is 1. The highest BCUT2D eigenvalue weighted by molar-refractivity contribution is 9.10. The number of halogens is 1. The fraction of sp³-hybridized carbons (Fsp3) is 0.545. The molecule has 1 heterocycles. The second-order valence-electron chi connectivity index (χ2n) is 4.51. The van der Waals surface area contributed by atoms with Crippen molar-refractivity contribution in [2.45, 2.75) is 24.7 Å². The molecule has 1 aromatic rings. The Bertz CT molecular complexity index is 500. The molecule has 1 aliphatic rings. The Balaban J connectivity index is 2.03. The molecule has 4 nitrogen and oxygen atoms in total. The Morgan fingerprint density at radius 2 is 2.24 bits per heavy atom. The number of pyridine rings is 1. The number of rotatable bonds is 5. The third-order valence-corrected chi connectivity index (χ3v) is 4.84. The van der Waals surface area contributed by atoms with Gasteiger partial charge in [-0.05, 0) is 46.7 Å². The quantitative estimate of drug-likeness (QED) is 0.905. The maximum Gasteiger partial charge on any atom is 0.242 e. The van der Waals surface area contributed by atoms with Crippen molar-refractivity contribution in [3.8, 4) is 0 Å². The van der Waals surface area contributed by atoms with Crippen LogP contribution in [0, 0.1) is 11.8 Å². The molecule has 1 saturated carbocycles. The third kappa shape index (κ3) is 3.50. The summed E-state index contributed by atoms with van der Waals surface area (Å²) in [5.41, 5.74) is 0. The van der Waals surface area contributed by atoms with Crippen LogP contribution in [-0.4, -0.2) is 19.9 Å². The Labute approximate surface area is 110 Å². The highest BCUT2D eigenvalue weighted by Crippen LogP contribution is 2.36. The summed E-state index contributed by atoms with van der Waals surface area (Å²) in [4.78, 5) is 4.06. The Morgan fingerprint density at radius 3 is 2.82 bits per heavy atom. The minimum Gasteiger partial charge on any atom is -0.262 e. The lowest BCUT2D eigenvalue weighted by atomic mass is 10.1. The van der Waals surface area contributed by atoms with E-state index in [1.165, 1.54) is 19.0 Å². The highest BCUT2D eigenvalue weighted by Gasteiger charge is 2.28. The maximum absolute atomic E-state index is 12.0. The zero-order valence-electron chi connectivity index (χ0n) is 9.56. The van der Waals surface area contributed by atoms with Crippen molar-refractivity contribution in [1.82, 2.24) is 9.71 Å². The van der Waals surface area contributed by atoms with Gasteiger partial charge in [0.2, 0.25) is 10.0 Å². The molecule has 0 saturated heterocycles. The van der Waals surface area contributed by atoms with E-state index in [0.29, 0.717) is 22.9 Å². The third-order valence-electron chi connectivity index (χ3n) is 3.01. The molecular formula is C11H15BrN2O2S. The topological polar surface area (TPSA) is 59.1 Å². The summed E-state index contributed by atoms with van der Waals surface area (Å²) in [6.07, 6.45) is 5.36. The first-order chi connectivity index (χ1) is 7.99. The second-order valence-corrected chi connectivity index (χ2v) is 7.19. The van der Waals surface area contributed by atoms with Crippen molar-refractivity contribution >= 4 is 26.0 Å². The summed E-state index contributed by atoms with van der Waals surface area (Å²) < 4.78 is 27.2. The molecule has 1 fully saturated rings. The van der Waals surface area contributed by atoms with Crippen LogP contribution in [0.25, 0.3) is 0 Å². The summed E-state index contributed by atoms with van der Waals surface area (Å²) in [7, 11) is -3.43. The molecule has 1 aromatic heterocycles. The van der Waals surface area contributed by atoms with E-state index in [4.69, 9.17) is 0 Å². The van der Waals surface area contributed by atoms with Crippen LogP contribution >= 0.6 is 15.9 Å². The van der Waals surface area contributed by atoms with E-state index >= 15 is 0 Å². The molecule has 0 spiro atoms. The van der Waals surface area contributed by atoms with Gasteiger partial charge in [0, 0.05) is 23.4 Å². The fourth-order valence-electron chi connectivity index (χ4n) is 1.70. The summed E-state index contributed by atoms with van der Waals surface area (Å²) >= 11 is 3.21. The molecule has 2 rings (SSSR count). The van der Waals surface area contributed by atoms with Crippen molar-refractivity contribution in [3.05, 3.63) is 22.9 Å². The van der Waals surface area contributed by atoms with Crippen LogP contribution in [0.2, 0.25) is 0 Å². The molecule has 1 aliphatic carbocycles. The molecule has 0 amide bonds. The van der Waals surface area contributed by atoms with E-state index in [0.717, 1.165) is 0 Å². The SMILES string of the molecule is CC(CNS(=O)(=O)c1cncc(Br)c1)C1CC1. The molecule has 0 aromatic carbocycles. The molecule has 0 bridgehead atoms. The maximum atomic E-state index is 12.0. The lowest BCUT2D eigenvalue weighted by Crippen LogP contribution is -2.29. The summed E-state index contributed by atoms with van der Waals surface area (Å²) in [5.74, 6) is 1.10. The van der Waals surface area contributed by atoms with Gasteiger partial charge in [0.25, 0.3) is 0 Å². The van der Waals surface area contributed by atoms with Gasteiger partial charge >= 0.3 is 0 Å². The zero-order valence-corrected chi connectivity index (χ0v) is 12.0. The van der Waals surface area contributed by atoms with Crippen LogP contribution in [0.1, 0.15) is 19.8 Å². The molecule has 0 radical (unpaired) electrons. The highest BCUT2D eigenvalue weighted by atomic mass is 79.9. The average molecular weight is 319 g/mol. The van der Waals surface area contributed by atoms with Gasteiger partial charge in [0.05, 0.1) is 0 Å². The van der Waals surface area contributed by atoms with Crippen LogP contribution in [0.15, 0.2) is 27.8 Å². The van der Waals surface area contributed by atoms with Crippen molar-refractivity contribution in [3.63, 3.8) is 0 Å². The normalized spacial score (nSPS) is 18.0. The van der Waals surface area contributed by atoms with Crippen LogP contribution in [-0.2, 0) is 10.0 Å². The van der Waals surface area contributed by atoms with Crippen molar-refractivity contribution in [1.29, 1.82) is 0 Å². The van der Waals surface area contributed by atoms with Gasteiger partial charge in [-0.2, -0.15) is 0 Å².